The fourth-order valence-corrected chi connectivity index (χ4v) is 5.23. The number of nitrogens with one attached hydrogen (secondary N) is 2. The van der Waals surface area contributed by atoms with E-state index >= 15 is 0 Å². The average molecular weight is 534 g/mol. The van der Waals surface area contributed by atoms with Crippen molar-refractivity contribution in [2.24, 2.45) is 0 Å². The highest BCUT2D eigenvalue weighted by Crippen LogP contribution is 2.30. The summed E-state index contributed by atoms with van der Waals surface area (Å²) >= 11 is 6.47. The van der Waals surface area contributed by atoms with Crippen molar-refractivity contribution in [1.82, 2.24) is 19.3 Å². The molecule has 0 spiro atoms. The summed E-state index contributed by atoms with van der Waals surface area (Å²) in [5.74, 6) is 0.221. The standard InChI is InChI=1S/C26H22BClFN5O2S/c27-22-16-31-34-25(13-24(33-26(22)34)21-3-1-2-4-23(21)28)30-14-17-5-7-18(8-6-17)15-32-37(35,36)20-11-9-19(29)10-12-20/h1,3,5-13,16,30,32H,2,4,14-15H2. The molecule has 11 heteroatoms. The first-order chi connectivity index (χ1) is 17.8. The van der Waals surface area contributed by atoms with Gasteiger partial charge in [0.2, 0.25) is 10.0 Å². The van der Waals surface area contributed by atoms with Gasteiger partial charge in [-0.3, -0.25) is 0 Å². The third kappa shape index (κ3) is 5.61. The van der Waals surface area contributed by atoms with Crippen molar-refractivity contribution >= 4 is 52.0 Å². The largest absolute Gasteiger partial charge is 0.366 e. The zero-order chi connectivity index (χ0) is 26.0. The molecule has 2 N–H and O–H groups in total. The summed E-state index contributed by atoms with van der Waals surface area (Å²) in [5.41, 5.74) is 4.35. The molecule has 0 fully saturated rings. The number of fused-ring (bicyclic) bond motifs is 1. The molecule has 2 aromatic carbocycles. The van der Waals surface area contributed by atoms with E-state index in [4.69, 9.17) is 19.4 Å². The molecule has 1 aliphatic rings. The summed E-state index contributed by atoms with van der Waals surface area (Å²) in [7, 11) is 2.36. The summed E-state index contributed by atoms with van der Waals surface area (Å²) in [6.07, 6.45) is 7.27. The summed E-state index contributed by atoms with van der Waals surface area (Å²) in [5, 5.41) is 8.49. The van der Waals surface area contributed by atoms with Crippen LogP contribution in [0.15, 0.2) is 82.9 Å². The van der Waals surface area contributed by atoms with Crippen molar-refractivity contribution in [2.75, 3.05) is 5.32 Å². The molecule has 0 unspecified atom stereocenters. The highest BCUT2D eigenvalue weighted by atomic mass is 35.5. The lowest BCUT2D eigenvalue weighted by Gasteiger charge is -2.14. The minimum absolute atomic E-state index is 0.0118. The van der Waals surface area contributed by atoms with Crippen molar-refractivity contribution in [3.63, 3.8) is 0 Å². The zero-order valence-electron chi connectivity index (χ0n) is 19.7. The molecule has 7 nitrogen and oxygen atoms in total. The second-order valence-corrected chi connectivity index (χ2v) is 10.8. The number of rotatable bonds is 8. The highest BCUT2D eigenvalue weighted by Gasteiger charge is 2.16. The molecule has 37 heavy (non-hydrogen) atoms. The first-order valence-electron chi connectivity index (χ1n) is 11.6. The number of sulfonamides is 1. The van der Waals surface area contributed by atoms with Crippen molar-refractivity contribution < 1.29 is 12.8 Å². The van der Waals surface area contributed by atoms with Gasteiger partial charge in [-0.05, 0) is 53.7 Å². The number of allylic oxidation sites excluding steroid dienone is 4. The van der Waals surface area contributed by atoms with Gasteiger partial charge in [0.25, 0.3) is 0 Å². The van der Waals surface area contributed by atoms with E-state index in [2.05, 4.69) is 26.2 Å². The SMILES string of the molecule is [B]c1cnn2c(NCc3ccc(CNS(=O)(=O)c4ccc(F)cc4)cc3)cc(C3=C(Cl)CCC=C3)nc12. The third-order valence-electron chi connectivity index (χ3n) is 5.97. The normalized spacial score (nSPS) is 13.9. The molecule has 0 bridgehead atoms. The molecule has 2 aromatic heterocycles. The summed E-state index contributed by atoms with van der Waals surface area (Å²) in [6, 6.07) is 14.1. The van der Waals surface area contributed by atoms with Crippen LogP contribution in [0.25, 0.3) is 11.2 Å². The van der Waals surface area contributed by atoms with Crippen LogP contribution in [0.3, 0.4) is 0 Å². The summed E-state index contributed by atoms with van der Waals surface area (Å²) in [4.78, 5) is 4.68. The van der Waals surface area contributed by atoms with Crippen LogP contribution in [0.4, 0.5) is 10.2 Å². The Morgan fingerprint density at radius 3 is 2.46 bits per heavy atom. The topological polar surface area (TPSA) is 88.4 Å². The molecule has 4 aromatic rings. The summed E-state index contributed by atoms with van der Waals surface area (Å²) < 4.78 is 42.1. The molecule has 5 rings (SSSR count). The molecule has 1 aliphatic carbocycles. The molecule has 2 heterocycles. The van der Waals surface area contributed by atoms with E-state index < -0.39 is 15.8 Å². The first kappa shape index (κ1) is 25.2. The van der Waals surface area contributed by atoms with E-state index in [1.165, 1.54) is 12.1 Å². The number of hydrogen-bond acceptors (Lipinski definition) is 5. The Bertz CT molecular complexity index is 1620. The fourth-order valence-electron chi connectivity index (χ4n) is 3.95. The predicted octanol–water partition coefficient (Wildman–Crippen LogP) is 4.05. The number of halogens is 2. The maximum atomic E-state index is 13.1. The van der Waals surface area contributed by atoms with E-state index in [0.717, 1.165) is 46.7 Å². The number of hydrogen-bond donors (Lipinski definition) is 2. The minimum atomic E-state index is -3.74. The Hall–Kier alpha value is -3.47. The fraction of sp³-hybridized carbons (Fsp3) is 0.154. The van der Waals surface area contributed by atoms with E-state index in [9.17, 15) is 12.8 Å². The quantitative estimate of drug-likeness (QED) is 0.334. The number of aromatic nitrogens is 3. The van der Waals surface area contributed by atoms with Crippen LogP contribution in [0.2, 0.25) is 0 Å². The Morgan fingerprint density at radius 1 is 1.05 bits per heavy atom. The van der Waals surface area contributed by atoms with E-state index in [-0.39, 0.29) is 11.4 Å². The monoisotopic (exact) mass is 533 g/mol. The predicted molar refractivity (Wildman–Crippen MR) is 144 cm³/mol. The molecule has 0 amide bonds. The Kier molecular flexibility index (Phi) is 7.14. The van der Waals surface area contributed by atoms with Crippen LogP contribution >= 0.6 is 11.6 Å². The second-order valence-electron chi connectivity index (χ2n) is 8.57. The average Bonchev–Trinajstić information content (AvgIpc) is 3.28. The molecule has 2 radical (unpaired) electrons. The third-order valence-corrected chi connectivity index (χ3v) is 7.78. The van der Waals surface area contributed by atoms with Gasteiger partial charge in [-0.15, -0.1) is 0 Å². The first-order valence-corrected chi connectivity index (χ1v) is 13.4. The van der Waals surface area contributed by atoms with Gasteiger partial charge < -0.3 is 5.32 Å². The van der Waals surface area contributed by atoms with Gasteiger partial charge in [0.1, 0.15) is 19.5 Å². The van der Waals surface area contributed by atoms with Crippen molar-refractivity contribution in [1.29, 1.82) is 0 Å². The van der Waals surface area contributed by atoms with Crippen LogP contribution in [-0.2, 0) is 23.1 Å². The van der Waals surface area contributed by atoms with E-state index in [1.54, 1.807) is 10.7 Å². The van der Waals surface area contributed by atoms with E-state index in [1.807, 2.05) is 36.4 Å². The molecule has 0 saturated carbocycles. The van der Waals surface area contributed by atoms with Crippen molar-refractivity contribution in [2.45, 2.75) is 30.8 Å². The van der Waals surface area contributed by atoms with Gasteiger partial charge in [0.05, 0.1) is 10.6 Å². The molecular formula is C26H22BClFN5O2S. The van der Waals surface area contributed by atoms with Gasteiger partial charge in [0.15, 0.2) is 5.65 Å². The lowest BCUT2D eigenvalue weighted by atomic mass is 10.00. The van der Waals surface area contributed by atoms with Crippen LogP contribution < -0.4 is 15.5 Å². The Balaban J connectivity index is 1.29. The van der Waals surface area contributed by atoms with Gasteiger partial charge in [-0.2, -0.15) is 9.61 Å². The lowest BCUT2D eigenvalue weighted by molar-refractivity contribution is 0.580. The van der Waals surface area contributed by atoms with Gasteiger partial charge in [-0.25, -0.2) is 22.5 Å². The van der Waals surface area contributed by atoms with Crippen molar-refractivity contribution in [3.05, 3.63) is 101 Å². The number of nitrogens with zero attached hydrogens (tertiary/aromatic N) is 3. The van der Waals surface area contributed by atoms with Crippen LogP contribution in [0, 0.1) is 5.82 Å². The molecule has 186 valence electrons. The second kappa shape index (κ2) is 10.5. The van der Waals surface area contributed by atoms with E-state index in [0.29, 0.717) is 29.2 Å². The smallest absolute Gasteiger partial charge is 0.240 e. The maximum absolute atomic E-state index is 13.1. The number of anilines is 1. The van der Waals surface area contributed by atoms with Crippen LogP contribution in [0.5, 0.6) is 0 Å². The molecule has 0 aliphatic heterocycles. The van der Waals surface area contributed by atoms with Gasteiger partial charge in [0, 0.05) is 36.0 Å². The number of benzene rings is 2. The van der Waals surface area contributed by atoms with Crippen molar-refractivity contribution in [3.8, 4) is 0 Å². The van der Waals surface area contributed by atoms with Crippen LogP contribution in [0.1, 0.15) is 29.7 Å². The van der Waals surface area contributed by atoms with Crippen LogP contribution in [-0.4, -0.2) is 30.9 Å². The maximum Gasteiger partial charge on any atom is 0.240 e. The highest BCUT2D eigenvalue weighted by molar-refractivity contribution is 7.89. The Morgan fingerprint density at radius 2 is 1.76 bits per heavy atom. The van der Waals surface area contributed by atoms with Gasteiger partial charge >= 0.3 is 0 Å². The summed E-state index contributed by atoms with van der Waals surface area (Å²) in [6.45, 7) is 0.597. The van der Waals surface area contributed by atoms with Gasteiger partial charge in [-0.1, -0.05) is 48.0 Å². The Labute approximate surface area is 220 Å². The zero-order valence-corrected chi connectivity index (χ0v) is 21.2. The minimum Gasteiger partial charge on any atom is -0.366 e. The molecule has 0 saturated heterocycles. The molecular weight excluding hydrogens is 512 g/mol. The molecule has 0 atom stereocenters. The lowest BCUT2D eigenvalue weighted by Crippen LogP contribution is -2.23.